The van der Waals surface area contributed by atoms with Gasteiger partial charge in [-0.2, -0.15) is 0 Å². The Morgan fingerprint density at radius 1 is 1.25 bits per heavy atom. The van der Waals surface area contributed by atoms with E-state index in [1.54, 1.807) is 11.3 Å². The molecule has 3 rings (SSSR count). The van der Waals surface area contributed by atoms with E-state index in [-0.39, 0.29) is 0 Å². The topological polar surface area (TPSA) is 12.0 Å². The fraction of sp³-hybridized carbons (Fsp3) is 0.412. The van der Waals surface area contributed by atoms with Gasteiger partial charge < -0.3 is 5.32 Å². The summed E-state index contributed by atoms with van der Waals surface area (Å²) in [6, 6.07) is 13.5. The zero-order chi connectivity index (χ0) is 13.9. The van der Waals surface area contributed by atoms with Crippen LogP contribution in [-0.4, -0.2) is 6.54 Å². The van der Waals surface area contributed by atoms with Crippen molar-refractivity contribution in [3.05, 3.63) is 56.7 Å². The molecule has 0 fully saturated rings. The maximum atomic E-state index is 6.06. The summed E-state index contributed by atoms with van der Waals surface area (Å²) in [6.45, 7) is 3.21. The molecule has 106 valence electrons. The van der Waals surface area contributed by atoms with E-state index >= 15 is 0 Å². The Labute approximate surface area is 130 Å². The monoisotopic (exact) mass is 305 g/mol. The van der Waals surface area contributed by atoms with Crippen molar-refractivity contribution in [3.8, 4) is 0 Å². The average molecular weight is 306 g/mol. The summed E-state index contributed by atoms with van der Waals surface area (Å²) < 4.78 is 0.899. The first-order chi connectivity index (χ1) is 9.78. The van der Waals surface area contributed by atoms with Crippen molar-refractivity contribution in [1.29, 1.82) is 0 Å². The van der Waals surface area contributed by atoms with Crippen LogP contribution in [0.25, 0.3) is 0 Å². The van der Waals surface area contributed by atoms with E-state index in [1.807, 2.05) is 6.07 Å². The number of halogens is 1. The number of hydrogen-bond donors (Lipinski definition) is 1. The second-order valence-corrected chi connectivity index (χ2v) is 7.24. The van der Waals surface area contributed by atoms with Crippen LogP contribution in [0.15, 0.2) is 36.4 Å². The molecule has 3 heteroatoms. The molecule has 20 heavy (non-hydrogen) atoms. The van der Waals surface area contributed by atoms with Crippen molar-refractivity contribution >= 4 is 22.9 Å². The van der Waals surface area contributed by atoms with Gasteiger partial charge in [0.2, 0.25) is 0 Å². The lowest BCUT2D eigenvalue weighted by atomic mass is 9.78. The Balaban J connectivity index is 1.84. The van der Waals surface area contributed by atoms with Crippen LogP contribution in [0.2, 0.25) is 4.34 Å². The number of hydrogen-bond acceptors (Lipinski definition) is 2. The van der Waals surface area contributed by atoms with E-state index in [0.717, 1.165) is 17.3 Å². The van der Waals surface area contributed by atoms with Gasteiger partial charge in [0.05, 0.1) is 4.34 Å². The molecular formula is C17H20ClNS. The van der Waals surface area contributed by atoms with Crippen LogP contribution in [0.1, 0.15) is 35.4 Å². The Morgan fingerprint density at radius 3 is 2.85 bits per heavy atom. The first-order valence-corrected chi connectivity index (χ1v) is 8.52. The van der Waals surface area contributed by atoms with Gasteiger partial charge in [-0.05, 0) is 55.0 Å². The van der Waals surface area contributed by atoms with Crippen molar-refractivity contribution in [2.24, 2.45) is 5.92 Å². The molecule has 0 amide bonds. The molecule has 0 radical (unpaired) electrons. The smallest absolute Gasteiger partial charge is 0.0931 e. The number of thiophene rings is 1. The van der Waals surface area contributed by atoms with E-state index in [2.05, 4.69) is 42.6 Å². The van der Waals surface area contributed by atoms with E-state index in [0.29, 0.717) is 12.0 Å². The minimum absolute atomic E-state index is 0.478. The third-order valence-electron chi connectivity index (χ3n) is 4.16. The molecule has 1 N–H and O–H groups in total. The number of fused-ring (bicyclic) bond motifs is 1. The van der Waals surface area contributed by atoms with Gasteiger partial charge in [-0.1, -0.05) is 42.8 Å². The summed E-state index contributed by atoms with van der Waals surface area (Å²) in [6.07, 6.45) is 3.58. The fourth-order valence-corrected chi connectivity index (χ4v) is 4.44. The highest BCUT2D eigenvalue weighted by molar-refractivity contribution is 7.16. The maximum Gasteiger partial charge on any atom is 0.0931 e. The standard InChI is InChI=1S/C17H20ClNS/c1-2-19-17-13(11-14-9-10-16(18)20-14)8-7-12-5-3-4-6-15(12)17/h3-6,9-10,13,17,19H,2,7-8,11H2,1H3. The number of aryl methyl sites for hydroxylation is 1. The van der Waals surface area contributed by atoms with Gasteiger partial charge in [-0.25, -0.2) is 0 Å². The molecule has 2 atom stereocenters. The van der Waals surface area contributed by atoms with E-state index in [1.165, 1.54) is 28.8 Å². The molecule has 1 aromatic carbocycles. The average Bonchev–Trinajstić information content (AvgIpc) is 2.87. The molecule has 2 aromatic rings. The summed E-state index contributed by atoms with van der Waals surface area (Å²) >= 11 is 7.78. The molecule has 0 spiro atoms. The third-order valence-corrected chi connectivity index (χ3v) is 5.42. The van der Waals surface area contributed by atoms with E-state index < -0.39 is 0 Å². The molecule has 1 aliphatic carbocycles. The maximum absolute atomic E-state index is 6.06. The first kappa shape index (κ1) is 14.1. The van der Waals surface area contributed by atoms with Crippen LogP contribution < -0.4 is 5.32 Å². The minimum atomic E-state index is 0.478. The normalized spacial score (nSPS) is 21.7. The molecule has 0 saturated heterocycles. The highest BCUT2D eigenvalue weighted by atomic mass is 35.5. The Morgan fingerprint density at radius 2 is 2.10 bits per heavy atom. The van der Waals surface area contributed by atoms with Gasteiger partial charge in [0.15, 0.2) is 0 Å². The predicted octanol–water partition coefficient (Wildman–Crippen LogP) is 4.86. The zero-order valence-corrected chi connectivity index (χ0v) is 13.3. The Bertz CT molecular complexity index is 578. The van der Waals surface area contributed by atoms with E-state index in [9.17, 15) is 0 Å². The summed E-state index contributed by atoms with van der Waals surface area (Å²) in [5, 5.41) is 3.69. The van der Waals surface area contributed by atoms with Gasteiger partial charge in [0.25, 0.3) is 0 Å². The lowest BCUT2D eigenvalue weighted by Gasteiger charge is -2.34. The third kappa shape index (κ3) is 2.93. The molecular weight excluding hydrogens is 286 g/mol. The van der Waals surface area contributed by atoms with Crippen molar-refractivity contribution in [2.75, 3.05) is 6.54 Å². The second-order valence-electron chi connectivity index (χ2n) is 5.44. The van der Waals surface area contributed by atoms with Crippen molar-refractivity contribution in [1.82, 2.24) is 5.32 Å². The van der Waals surface area contributed by atoms with Gasteiger partial charge in [0, 0.05) is 10.9 Å². The quantitative estimate of drug-likeness (QED) is 0.851. The number of rotatable bonds is 4. The van der Waals surface area contributed by atoms with Gasteiger partial charge >= 0.3 is 0 Å². The second kappa shape index (κ2) is 6.30. The van der Waals surface area contributed by atoms with Crippen LogP contribution in [0.3, 0.4) is 0 Å². The summed E-state index contributed by atoms with van der Waals surface area (Å²) in [7, 11) is 0. The lowest BCUT2D eigenvalue weighted by Crippen LogP contribution is -2.33. The van der Waals surface area contributed by atoms with E-state index in [4.69, 9.17) is 11.6 Å². The lowest BCUT2D eigenvalue weighted by molar-refractivity contribution is 0.325. The number of benzene rings is 1. The summed E-state index contributed by atoms with van der Waals surface area (Å²) in [5.74, 6) is 0.666. The van der Waals surface area contributed by atoms with Crippen molar-refractivity contribution in [3.63, 3.8) is 0 Å². The van der Waals surface area contributed by atoms with Crippen LogP contribution in [0.5, 0.6) is 0 Å². The molecule has 0 bridgehead atoms. The van der Waals surface area contributed by atoms with Crippen molar-refractivity contribution < 1.29 is 0 Å². The van der Waals surface area contributed by atoms with Crippen LogP contribution in [0, 0.1) is 5.92 Å². The fourth-order valence-electron chi connectivity index (χ4n) is 3.26. The highest BCUT2D eigenvalue weighted by Gasteiger charge is 2.28. The largest absolute Gasteiger partial charge is 0.310 e. The molecule has 1 nitrogen and oxygen atoms in total. The predicted molar refractivity (Wildman–Crippen MR) is 87.7 cm³/mol. The molecule has 0 aliphatic heterocycles. The van der Waals surface area contributed by atoms with Crippen molar-refractivity contribution in [2.45, 2.75) is 32.2 Å². The Kier molecular flexibility index (Phi) is 4.45. The zero-order valence-electron chi connectivity index (χ0n) is 11.7. The molecule has 1 heterocycles. The molecule has 1 aromatic heterocycles. The van der Waals surface area contributed by atoms with Crippen LogP contribution in [0.4, 0.5) is 0 Å². The minimum Gasteiger partial charge on any atom is -0.310 e. The summed E-state index contributed by atoms with van der Waals surface area (Å²) in [4.78, 5) is 1.40. The SMILES string of the molecule is CCNC1c2ccccc2CCC1Cc1ccc(Cl)s1. The number of nitrogens with one attached hydrogen (secondary N) is 1. The molecule has 2 unspecified atom stereocenters. The first-order valence-electron chi connectivity index (χ1n) is 7.33. The molecule has 0 saturated carbocycles. The van der Waals surface area contributed by atoms with Crippen LogP contribution >= 0.6 is 22.9 Å². The summed E-state index contributed by atoms with van der Waals surface area (Å²) in [5.41, 5.74) is 3.01. The molecule has 1 aliphatic rings. The van der Waals surface area contributed by atoms with Crippen LogP contribution in [-0.2, 0) is 12.8 Å². The highest BCUT2D eigenvalue weighted by Crippen LogP contribution is 2.37. The van der Waals surface area contributed by atoms with Gasteiger partial charge in [-0.15, -0.1) is 11.3 Å². The Hall–Kier alpha value is -0.830. The van der Waals surface area contributed by atoms with Gasteiger partial charge in [-0.3, -0.25) is 0 Å². The van der Waals surface area contributed by atoms with Gasteiger partial charge in [0.1, 0.15) is 0 Å².